The van der Waals surface area contributed by atoms with E-state index in [1.165, 1.54) is 5.56 Å². The molecular weight excluding hydrogens is 198 g/mol. The second-order valence-electron chi connectivity index (χ2n) is 4.21. The van der Waals surface area contributed by atoms with Gasteiger partial charge in [-0.1, -0.05) is 36.4 Å². The van der Waals surface area contributed by atoms with E-state index in [0.29, 0.717) is 18.8 Å². The van der Waals surface area contributed by atoms with Crippen LogP contribution in [0.25, 0.3) is 0 Å². The number of hydrogen-bond donors (Lipinski definition) is 1. The third-order valence-corrected chi connectivity index (χ3v) is 3.01. The van der Waals surface area contributed by atoms with Gasteiger partial charge in [0.25, 0.3) is 0 Å². The highest BCUT2D eigenvalue weighted by molar-refractivity contribution is 5.13. The Labute approximate surface area is 97.3 Å². The molecule has 2 nitrogen and oxygen atoms in total. The van der Waals surface area contributed by atoms with Crippen molar-refractivity contribution in [2.45, 2.75) is 31.6 Å². The highest BCUT2D eigenvalue weighted by Gasteiger charge is 2.26. The van der Waals surface area contributed by atoms with E-state index in [0.717, 1.165) is 19.4 Å². The van der Waals surface area contributed by atoms with Crippen molar-refractivity contribution in [3.8, 4) is 0 Å². The Morgan fingerprint density at radius 2 is 2.19 bits per heavy atom. The third-order valence-electron chi connectivity index (χ3n) is 3.01. The topological polar surface area (TPSA) is 21.3 Å². The minimum Gasteiger partial charge on any atom is -0.372 e. The van der Waals surface area contributed by atoms with E-state index >= 15 is 0 Å². The minimum absolute atomic E-state index is 0.332. The number of hydrogen-bond acceptors (Lipinski definition) is 2. The summed E-state index contributed by atoms with van der Waals surface area (Å²) in [7, 11) is 0. The van der Waals surface area contributed by atoms with E-state index in [2.05, 4.69) is 24.0 Å². The number of ether oxygens (including phenoxy) is 1. The van der Waals surface area contributed by atoms with Gasteiger partial charge in [-0.15, -0.1) is 6.58 Å². The molecule has 0 bridgehead atoms. The molecule has 2 heteroatoms. The summed E-state index contributed by atoms with van der Waals surface area (Å²) < 4.78 is 5.94. The number of benzene rings is 1. The van der Waals surface area contributed by atoms with Crippen molar-refractivity contribution >= 4 is 0 Å². The predicted octanol–water partition coefficient (Wildman–Crippen LogP) is 2.51. The lowest BCUT2D eigenvalue weighted by Gasteiger charge is -2.18. The van der Waals surface area contributed by atoms with Gasteiger partial charge in [-0.05, 0) is 24.9 Å². The molecule has 0 amide bonds. The van der Waals surface area contributed by atoms with E-state index in [1.54, 1.807) is 0 Å². The maximum Gasteiger partial charge on any atom is 0.0747 e. The zero-order valence-corrected chi connectivity index (χ0v) is 9.56. The van der Waals surface area contributed by atoms with E-state index in [-0.39, 0.29) is 0 Å². The van der Waals surface area contributed by atoms with Gasteiger partial charge in [0, 0.05) is 6.04 Å². The fourth-order valence-corrected chi connectivity index (χ4v) is 2.14. The summed E-state index contributed by atoms with van der Waals surface area (Å²) in [4.78, 5) is 0. The molecule has 1 fully saturated rings. The molecule has 1 saturated heterocycles. The normalized spacial score (nSPS) is 24.5. The Kier molecular flexibility index (Phi) is 4.14. The van der Waals surface area contributed by atoms with Crippen molar-refractivity contribution in [1.82, 2.24) is 5.32 Å². The molecule has 0 aliphatic carbocycles. The molecule has 0 spiro atoms. The van der Waals surface area contributed by atoms with E-state index in [4.69, 9.17) is 4.74 Å². The Morgan fingerprint density at radius 1 is 1.38 bits per heavy atom. The smallest absolute Gasteiger partial charge is 0.0747 e. The zero-order chi connectivity index (χ0) is 11.2. The second-order valence-corrected chi connectivity index (χ2v) is 4.21. The van der Waals surface area contributed by atoms with Gasteiger partial charge in [-0.2, -0.15) is 0 Å². The van der Waals surface area contributed by atoms with Gasteiger partial charge in [-0.3, -0.25) is 0 Å². The first-order valence-electron chi connectivity index (χ1n) is 5.90. The quantitative estimate of drug-likeness (QED) is 0.765. The number of rotatable bonds is 5. The standard InChI is InChI=1S/C14H19NO/c1-2-6-13-14(9-10-15-13)16-11-12-7-4-3-5-8-12/h2-5,7-8,13-15H,1,6,9-11H2. The summed E-state index contributed by atoms with van der Waals surface area (Å²) in [5.41, 5.74) is 1.24. The molecule has 86 valence electrons. The number of nitrogens with one attached hydrogen (secondary N) is 1. The lowest BCUT2D eigenvalue weighted by Crippen LogP contribution is -2.31. The van der Waals surface area contributed by atoms with Crippen molar-refractivity contribution in [3.63, 3.8) is 0 Å². The molecule has 2 unspecified atom stereocenters. The van der Waals surface area contributed by atoms with E-state index in [9.17, 15) is 0 Å². The summed E-state index contributed by atoms with van der Waals surface area (Å²) in [6.07, 6.45) is 4.38. The minimum atomic E-state index is 0.332. The highest BCUT2D eigenvalue weighted by atomic mass is 16.5. The van der Waals surface area contributed by atoms with E-state index in [1.807, 2.05) is 24.3 Å². The summed E-state index contributed by atoms with van der Waals surface area (Å²) in [5.74, 6) is 0. The Morgan fingerprint density at radius 3 is 2.94 bits per heavy atom. The van der Waals surface area contributed by atoms with Crippen LogP contribution in [0.15, 0.2) is 43.0 Å². The summed E-state index contributed by atoms with van der Waals surface area (Å²) in [6.45, 7) is 5.54. The lowest BCUT2D eigenvalue weighted by atomic mass is 10.1. The van der Waals surface area contributed by atoms with E-state index < -0.39 is 0 Å². The second kappa shape index (κ2) is 5.83. The fourth-order valence-electron chi connectivity index (χ4n) is 2.14. The molecule has 2 atom stereocenters. The van der Waals surface area contributed by atoms with Gasteiger partial charge < -0.3 is 10.1 Å². The van der Waals surface area contributed by atoms with Crippen LogP contribution in [0.3, 0.4) is 0 Å². The average Bonchev–Trinajstić information content (AvgIpc) is 2.76. The van der Waals surface area contributed by atoms with Gasteiger partial charge in [0.1, 0.15) is 0 Å². The van der Waals surface area contributed by atoms with Gasteiger partial charge in [0.05, 0.1) is 12.7 Å². The van der Waals surface area contributed by atoms with Crippen molar-refractivity contribution in [1.29, 1.82) is 0 Å². The van der Waals surface area contributed by atoms with Crippen LogP contribution in [0.2, 0.25) is 0 Å². The molecule has 1 heterocycles. The SMILES string of the molecule is C=CCC1NCCC1OCc1ccccc1. The maximum atomic E-state index is 5.94. The summed E-state index contributed by atoms with van der Waals surface area (Å²) >= 11 is 0. The summed E-state index contributed by atoms with van der Waals surface area (Å²) in [5, 5.41) is 3.45. The van der Waals surface area contributed by atoms with Crippen LogP contribution in [0, 0.1) is 0 Å². The third kappa shape index (κ3) is 2.94. The van der Waals surface area contributed by atoms with Crippen molar-refractivity contribution in [2.24, 2.45) is 0 Å². The van der Waals surface area contributed by atoms with Crippen LogP contribution in [0.1, 0.15) is 18.4 Å². The fraction of sp³-hybridized carbons (Fsp3) is 0.429. The zero-order valence-electron chi connectivity index (χ0n) is 9.56. The molecule has 16 heavy (non-hydrogen) atoms. The molecule has 0 saturated carbocycles. The van der Waals surface area contributed by atoms with Gasteiger partial charge in [0.2, 0.25) is 0 Å². The van der Waals surface area contributed by atoms with Crippen LogP contribution in [0.4, 0.5) is 0 Å². The summed E-state index contributed by atoms with van der Waals surface area (Å²) in [6, 6.07) is 10.8. The molecule has 1 aliphatic rings. The maximum absolute atomic E-state index is 5.94. The van der Waals surface area contributed by atoms with Gasteiger partial charge >= 0.3 is 0 Å². The largest absolute Gasteiger partial charge is 0.372 e. The molecule has 1 aliphatic heterocycles. The predicted molar refractivity (Wildman–Crippen MR) is 66.2 cm³/mol. The van der Waals surface area contributed by atoms with Crippen LogP contribution >= 0.6 is 0 Å². The first kappa shape index (κ1) is 11.4. The molecule has 0 aromatic heterocycles. The highest BCUT2D eigenvalue weighted by Crippen LogP contribution is 2.16. The van der Waals surface area contributed by atoms with Crippen molar-refractivity contribution < 1.29 is 4.74 Å². The van der Waals surface area contributed by atoms with Crippen molar-refractivity contribution in [3.05, 3.63) is 48.6 Å². The molecule has 2 rings (SSSR count). The molecule has 1 aromatic rings. The first-order chi connectivity index (χ1) is 7.90. The van der Waals surface area contributed by atoms with Crippen LogP contribution in [0.5, 0.6) is 0 Å². The van der Waals surface area contributed by atoms with Gasteiger partial charge in [-0.25, -0.2) is 0 Å². The van der Waals surface area contributed by atoms with Crippen LogP contribution in [-0.2, 0) is 11.3 Å². The molecule has 1 N–H and O–H groups in total. The Balaban J connectivity index is 1.83. The van der Waals surface area contributed by atoms with Gasteiger partial charge in [0.15, 0.2) is 0 Å². The van der Waals surface area contributed by atoms with Crippen LogP contribution < -0.4 is 5.32 Å². The Bertz CT molecular complexity index is 323. The Hall–Kier alpha value is -1.12. The molecule has 1 aromatic carbocycles. The monoisotopic (exact) mass is 217 g/mol. The lowest BCUT2D eigenvalue weighted by molar-refractivity contribution is 0.0334. The molecular formula is C14H19NO. The first-order valence-corrected chi connectivity index (χ1v) is 5.90. The molecule has 0 radical (unpaired) electrons. The van der Waals surface area contributed by atoms with Crippen LogP contribution in [-0.4, -0.2) is 18.7 Å². The van der Waals surface area contributed by atoms with Crippen molar-refractivity contribution in [2.75, 3.05) is 6.54 Å². The average molecular weight is 217 g/mol.